The third kappa shape index (κ3) is 4.21. The van der Waals surface area contributed by atoms with Gasteiger partial charge in [0.05, 0.1) is 32.5 Å². The number of benzene rings is 4. The molecule has 0 saturated carbocycles. The number of hydrogen-bond acceptors (Lipinski definition) is 8. The minimum atomic E-state index is -4.15. The second-order valence-corrected chi connectivity index (χ2v) is 9.00. The lowest BCUT2D eigenvalue weighted by Crippen LogP contribution is -2.12. The molecule has 0 heterocycles. The van der Waals surface area contributed by atoms with Crippen molar-refractivity contribution in [2.75, 3.05) is 22.9 Å². The highest BCUT2D eigenvalue weighted by atomic mass is 32.2. The molecule has 0 saturated heterocycles. The molecule has 9 heteroatoms. The number of hydrogen-bond donors (Lipinski definition) is 4. The number of para-hydroxylation sites is 2. The number of ether oxygens (including phenoxy) is 2. The molecule has 0 fully saturated rings. The SMILES string of the molecule is Nc1c(Oc2ccccc2)ccc(S(=O)(=O)c2ccc(Oc3ccccc3)c(N)c2N)c1N. The number of nitrogens with two attached hydrogens (primary N) is 4. The highest BCUT2D eigenvalue weighted by Crippen LogP contribution is 2.42. The first-order chi connectivity index (χ1) is 15.8. The van der Waals surface area contributed by atoms with E-state index in [1.807, 2.05) is 12.1 Å². The molecule has 0 unspecified atom stereocenters. The molecule has 0 aliphatic heterocycles. The fraction of sp³-hybridized carbons (Fsp3) is 0. The average Bonchev–Trinajstić information content (AvgIpc) is 2.81. The third-order valence-electron chi connectivity index (χ3n) is 4.94. The van der Waals surface area contributed by atoms with Crippen LogP contribution in [0.4, 0.5) is 22.7 Å². The van der Waals surface area contributed by atoms with Gasteiger partial charge in [-0.2, -0.15) is 0 Å². The molecular formula is C24H22N4O4S. The number of nitrogen functional groups attached to an aromatic ring is 4. The maximum Gasteiger partial charge on any atom is 0.210 e. The topological polar surface area (TPSA) is 157 Å². The van der Waals surface area contributed by atoms with Crippen LogP contribution in [0.5, 0.6) is 23.0 Å². The molecule has 168 valence electrons. The fourth-order valence-corrected chi connectivity index (χ4v) is 4.72. The predicted octanol–water partition coefficient (Wildman–Crippen LogP) is 4.43. The summed E-state index contributed by atoms with van der Waals surface area (Å²) in [5.74, 6) is 1.53. The van der Waals surface area contributed by atoms with Crippen molar-refractivity contribution < 1.29 is 17.9 Å². The van der Waals surface area contributed by atoms with Gasteiger partial charge in [-0.25, -0.2) is 8.42 Å². The number of sulfone groups is 1. The second-order valence-electron chi connectivity index (χ2n) is 7.11. The average molecular weight is 463 g/mol. The van der Waals surface area contributed by atoms with Gasteiger partial charge in [0, 0.05) is 0 Å². The summed E-state index contributed by atoms with van der Waals surface area (Å²) in [5, 5.41) is 0. The Bertz CT molecular complexity index is 1310. The van der Waals surface area contributed by atoms with E-state index in [0.29, 0.717) is 11.5 Å². The molecule has 0 aromatic heterocycles. The van der Waals surface area contributed by atoms with Gasteiger partial charge < -0.3 is 32.4 Å². The molecule has 0 spiro atoms. The standard InChI is InChI=1S/C24H22N4O4S/c25-21-17(31-15-7-3-1-4-8-15)11-13-19(23(21)27)33(29,30)20-14-12-18(22(26)24(20)28)32-16-9-5-2-6-10-16/h1-14H,25-28H2. The molecule has 8 N–H and O–H groups in total. The van der Waals surface area contributed by atoms with Crippen LogP contribution in [-0.4, -0.2) is 8.42 Å². The number of anilines is 4. The Morgan fingerprint density at radius 1 is 0.485 bits per heavy atom. The Morgan fingerprint density at radius 3 is 1.21 bits per heavy atom. The van der Waals surface area contributed by atoms with Crippen molar-refractivity contribution in [1.82, 2.24) is 0 Å². The van der Waals surface area contributed by atoms with E-state index in [-0.39, 0.29) is 44.0 Å². The largest absolute Gasteiger partial charge is 0.455 e. The maximum absolute atomic E-state index is 13.4. The Balaban J connectivity index is 1.69. The van der Waals surface area contributed by atoms with Crippen molar-refractivity contribution in [2.45, 2.75) is 9.79 Å². The molecule has 0 aliphatic rings. The zero-order valence-corrected chi connectivity index (χ0v) is 18.3. The first kappa shape index (κ1) is 21.8. The molecule has 33 heavy (non-hydrogen) atoms. The van der Waals surface area contributed by atoms with Crippen LogP contribution in [0.25, 0.3) is 0 Å². The zero-order chi connectivity index (χ0) is 23.6. The fourth-order valence-electron chi connectivity index (χ4n) is 3.19. The van der Waals surface area contributed by atoms with Gasteiger partial charge in [0.2, 0.25) is 9.84 Å². The van der Waals surface area contributed by atoms with Crippen LogP contribution in [0.15, 0.2) is 94.7 Å². The number of rotatable bonds is 6. The van der Waals surface area contributed by atoms with E-state index < -0.39 is 9.84 Å². The smallest absolute Gasteiger partial charge is 0.210 e. The van der Waals surface area contributed by atoms with Gasteiger partial charge >= 0.3 is 0 Å². The summed E-state index contributed by atoms with van der Waals surface area (Å²) in [6.07, 6.45) is 0. The van der Waals surface area contributed by atoms with E-state index in [2.05, 4.69) is 0 Å². The van der Waals surface area contributed by atoms with E-state index in [0.717, 1.165) is 0 Å². The van der Waals surface area contributed by atoms with Crippen molar-refractivity contribution in [3.05, 3.63) is 84.9 Å². The highest BCUT2D eigenvalue weighted by molar-refractivity contribution is 7.91. The minimum Gasteiger partial charge on any atom is -0.455 e. The van der Waals surface area contributed by atoms with Gasteiger partial charge in [0.25, 0.3) is 0 Å². The van der Waals surface area contributed by atoms with Crippen molar-refractivity contribution in [3.63, 3.8) is 0 Å². The third-order valence-corrected chi connectivity index (χ3v) is 6.81. The quantitative estimate of drug-likeness (QED) is 0.306. The zero-order valence-electron chi connectivity index (χ0n) is 17.4. The van der Waals surface area contributed by atoms with Crippen LogP contribution >= 0.6 is 0 Å². The van der Waals surface area contributed by atoms with Crippen molar-refractivity contribution in [1.29, 1.82) is 0 Å². The van der Waals surface area contributed by atoms with Crippen molar-refractivity contribution >= 4 is 32.6 Å². The molecule has 8 nitrogen and oxygen atoms in total. The molecule has 0 aliphatic carbocycles. The Labute approximate surface area is 191 Å². The summed E-state index contributed by atoms with van der Waals surface area (Å²) in [6, 6.07) is 23.4. The molecule has 0 bridgehead atoms. The van der Waals surface area contributed by atoms with Crippen LogP contribution in [0.2, 0.25) is 0 Å². The summed E-state index contributed by atoms with van der Waals surface area (Å²) in [6.45, 7) is 0. The van der Waals surface area contributed by atoms with Gasteiger partial charge in [-0.1, -0.05) is 36.4 Å². The van der Waals surface area contributed by atoms with Crippen LogP contribution < -0.4 is 32.4 Å². The Morgan fingerprint density at radius 2 is 0.848 bits per heavy atom. The van der Waals surface area contributed by atoms with Gasteiger partial charge in [-0.15, -0.1) is 0 Å². The molecular weight excluding hydrogens is 440 g/mol. The Hall–Kier alpha value is -4.37. The molecule has 0 amide bonds. The molecule has 4 rings (SSSR count). The summed E-state index contributed by atoms with van der Waals surface area (Å²) in [5.41, 5.74) is 24.1. The summed E-state index contributed by atoms with van der Waals surface area (Å²) >= 11 is 0. The molecule has 0 atom stereocenters. The normalized spacial score (nSPS) is 11.2. The van der Waals surface area contributed by atoms with E-state index in [1.54, 1.807) is 48.5 Å². The minimum absolute atomic E-state index is 0.00416. The van der Waals surface area contributed by atoms with E-state index >= 15 is 0 Å². The first-order valence-electron chi connectivity index (χ1n) is 9.86. The van der Waals surface area contributed by atoms with Gasteiger partial charge in [-0.3, -0.25) is 0 Å². The second kappa shape index (κ2) is 8.64. The van der Waals surface area contributed by atoms with Crippen LogP contribution in [0, 0.1) is 0 Å². The lowest BCUT2D eigenvalue weighted by atomic mass is 10.2. The van der Waals surface area contributed by atoms with Crippen molar-refractivity contribution in [2.24, 2.45) is 0 Å². The van der Waals surface area contributed by atoms with Crippen LogP contribution in [-0.2, 0) is 9.84 Å². The lowest BCUT2D eigenvalue weighted by Gasteiger charge is -2.16. The predicted molar refractivity (Wildman–Crippen MR) is 129 cm³/mol. The van der Waals surface area contributed by atoms with Crippen molar-refractivity contribution in [3.8, 4) is 23.0 Å². The summed E-state index contributed by atoms with van der Waals surface area (Å²) < 4.78 is 38.2. The monoisotopic (exact) mass is 462 g/mol. The van der Waals surface area contributed by atoms with Gasteiger partial charge in [0.1, 0.15) is 11.5 Å². The van der Waals surface area contributed by atoms with Crippen LogP contribution in [0.3, 0.4) is 0 Å². The maximum atomic E-state index is 13.4. The van der Waals surface area contributed by atoms with E-state index in [9.17, 15) is 8.42 Å². The summed E-state index contributed by atoms with van der Waals surface area (Å²) in [4.78, 5) is -0.411. The summed E-state index contributed by atoms with van der Waals surface area (Å²) in [7, 11) is -4.15. The Kier molecular flexibility index (Phi) is 5.72. The van der Waals surface area contributed by atoms with Gasteiger partial charge in [0.15, 0.2) is 11.5 Å². The van der Waals surface area contributed by atoms with Gasteiger partial charge in [-0.05, 0) is 48.5 Å². The lowest BCUT2D eigenvalue weighted by molar-refractivity contribution is 0.485. The van der Waals surface area contributed by atoms with E-state index in [1.165, 1.54) is 24.3 Å². The highest BCUT2D eigenvalue weighted by Gasteiger charge is 2.27. The molecule has 0 radical (unpaired) electrons. The molecule has 4 aromatic rings. The first-order valence-corrected chi connectivity index (χ1v) is 11.3. The molecule has 4 aromatic carbocycles. The van der Waals surface area contributed by atoms with E-state index in [4.69, 9.17) is 32.4 Å². The van der Waals surface area contributed by atoms with Crippen LogP contribution in [0.1, 0.15) is 0 Å².